The molecule has 0 aliphatic rings. The van der Waals surface area contributed by atoms with Gasteiger partial charge in [-0.2, -0.15) is 0 Å². The maximum absolute atomic E-state index is 6.19. The van der Waals surface area contributed by atoms with E-state index in [1.54, 1.807) is 0 Å². The van der Waals surface area contributed by atoms with Crippen LogP contribution in [0.15, 0.2) is 97.1 Å². The molecule has 2 heteroatoms. The third-order valence-corrected chi connectivity index (χ3v) is 4.71. The number of rotatable bonds is 7. The highest BCUT2D eigenvalue weighted by Crippen LogP contribution is 2.29. The summed E-state index contributed by atoms with van der Waals surface area (Å²) in [5.74, 6) is 0.943. The Bertz CT molecular complexity index is 996. The van der Waals surface area contributed by atoms with Gasteiger partial charge in [-0.05, 0) is 28.0 Å². The van der Waals surface area contributed by atoms with Gasteiger partial charge < -0.3 is 10.1 Å². The summed E-state index contributed by atoms with van der Waals surface area (Å²) >= 11 is 0. The number of nitrogens with one attached hydrogen (secondary N) is 1. The molecule has 1 N–H and O–H groups in total. The van der Waals surface area contributed by atoms with E-state index >= 15 is 0 Å². The van der Waals surface area contributed by atoms with Gasteiger partial charge in [0.25, 0.3) is 0 Å². The largest absolute Gasteiger partial charge is 0.489 e. The van der Waals surface area contributed by atoms with Crippen LogP contribution in [0.2, 0.25) is 0 Å². The predicted octanol–water partition coefficient (Wildman–Crippen LogP) is 5.71. The van der Waals surface area contributed by atoms with Crippen LogP contribution >= 0.6 is 0 Å². The molecule has 0 atom stereocenters. The van der Waals surface area contributed by atoms with Crippen molar-refractivity contribution in [2.24, 2.45) is 0 Å². The van der Waals surface area contributed by atoms with E-state index in [0.717, 1.165) is 18.8 Å². The summed E-state index contributed by atoms with van der Waals surface area (Å²) in [4.78, 5) is 0. The highest BCUT2D eigenvalue weighted by Gasteiger charge is 2.09. The van der Waals surface area contributed by atoms with E-state index < -0.39 is 0 Å². The molecule has 0 aliphatic heterocycles. The minimum Gasteiger partial charge on any atom is -0.489 e. The maximum Gasteiger partial charge on any atom is 0.124 e. The fraction of sp³-hybridized carbons (Fsp3) is 0.120. The topological polar surface area (TPSA) is 21.3 Å². The molecule has 0 spiro atoms. The van der Waals surface area contributed by atoms with E-state index in [4.69, 9.17) is 4.74 Å². The second kappa shape index (κ2) is 8.52. The van der Waals surface area contributed by atoms with Crippen molar-refractivity contribution in [2.45, 2.75) is 19.7 Å². The molecule has 0 heterocycles. The van der Waals surface area contributed by atoms with Crippen LogP contribution in [0.4, 0.5) is 0 Å². The lowest BCUT2D eigenvalue weighted by Crippen LogP contribution is -2.14. The zero-order valence-electron chi connectivity index (χ0n) is 15.3. The van der Waals surface area contributed by atoms with Gasteiger partial charge in [0.1, 0.15) is 12.4 Å². The van der Waals surface area contributed by atoms with E-state index in [0.29, 0.717) is 6.61 Å². The molecule has 134 valence electrons. The number of hydrogen-bond donors (Lipinski definition) is 1. The molecular formula is C25H23NO. The molecule has 2 nitrogen and oxygen atoms in total. The molecule has 4 aromatic rings. The van der Waals surface area contributed by atoms with Gasteiger partial charge in [-0.25, -0.2) is 0 Å². The fourth-order valence-electron chi connectivity index (χ4n) is 3.30. The van der Waals surface area contributed by atoms with Crippen LogP contribution in [0.5, 0.6) is 5.75 Å². The molecule has 0 amide bonds. The van der Waals surface area contributed by atoms with Crippen molar-refractivity contribution in [1.82, 2.24) is 5.32 Å². The summed E-state index contributed by atoms with van der Waals surface area (Å²) in [7, 11) is 0. The summed E-state index contributed by atoms with van der Waals surface area (Å²) in [5, 5.41) is 6.05. The molecule has 0 saturated heterocycles. The van der Waals surface area contributed by atoms with Crippen molar-refractivity contribution in [3.8, 4) is 5.75 Å². The quantitative estimate of drug-likeness (QED) is 0.459. The van der Waals surface area contributed by atoms with Crippen LogP contribution in [0.1, 0.15) is 16.7 Å². The molecule has 0 radical (unpaired) electrons. The lowest BCUT2D eigenvalue weighted by atomic mass is 10.0. The average molecular weight is 353 g/mol. The smallest absolute Gasteiger partial charge is 0.124 e. The molecule has 4 rings (SSSR count). The zero-order valence-corrected chi connectivity index (χ0v) is 15.3. The minimum atomic E-state index is 0.574. The molecule has 4 aromatic carbocycles. The van der Waals surface area contributed by atoms with Gasteiger partial charge in [-0.15, -0.1) is 0 Å². The fourth-order valence-corrected chi connectivity index (χ4v) is 3.30. The molecular weight excluding hydrogens is 330 g/mol. The summed E-state index contributed by atoms with van der Waals surface area (Å²) in [6.07, 6.45) is 0. The van der Waals surface area contributed by atoms with Gasteiger partial charge in [0.05, 0.1) is 0 Å². The number of ether oxygens (including phenoxy) is 1. The zero-order chi connectivity index (χ0) is 18.3. The first-order chi connectivity index (χ1) is 13.4. The summed E-state index contributed by atoms with van der Waals surface area (Å²) < 4.78 is 6.19. The van der Waals surface area contributed by atoms with Gasteiger partial charge in [0.2, 0.25) is 0 Å². The third kappa shape index (κ3) is 4.36. The molecule has 0 aliphatic carbocycles. The van der Waals surface area contributed by atoms with Crippen LogP contribution in [-0.4, -0.2) is 0 Å². The first kappa shape index (κ1) is 17.3. The molecule has 0 aromatic heterocycles. The van der Waals surface area contributed by atoms with Gasteiger partial charge in [-0.1, -0.05) is 91.0 Å². The van der Waals surface area contributed by atoms with E-state index in [1.165, 1.54) is 27.5 Å². The maximum atomic E-state index is 6.19. The highest BCUT2D eigenvalue weighted by atomic mass is 16.5. The number of benzene rings is 4. The van der Waals surface area contributed by atoms with Gasteiger partial charge in [-0.3, -0.25) is 0 Å². The molecule has 0 bridgehead atoms. The van der Waals surface area contributed by atoms with Gasteiger partial charge in [0.15, 0.2) is 0 Å². The first-order valence-corrected chi connectivity index (χ1v) is 9.32. The van der Waals surface area contributed by atoms with Crippen LogP contribution in [0, 0.1) is 0 Å². The second-order valence-corrected chi connectivity index (χ2v) is 6.63. The Hall–Kier alpha value is -3.10. The second-order valence-electron chi connectivity index (χ2n) is 6.63. The van der Waals surface area contributed by atoms with Crippen molar-refractivity contribution in [3.63, 3.8) is 0 Å². The van der Waals surface area contributed by atoms with E-state index in [-0.39, 0.29) is 0 Å². The van der Waals surface area contributed by atoms with E-state index in [9.17, 15) is 0 Å². The summed E-state index contributed by atoms with van der Waals surface area (Å²) in [5.41, 5.74) is 3.67. The average Bonchev–Trinajstić information content (AvgIpc) is 2.74. The van der Waals surface area contributed by atoms with Gasteiger partial charge in [0, 0.05) is 18.7 Å². The summed E-state index contributed by atoms with van der Waals surface area (Å²) in [6, 6.07) is 33.5. The molecule has 27 heavy (non-hydrogen) atoms. The molecule has 0 unspecified atom stereocenters. The number of hydrogen-bond acceptors (Lipinski definition) is 2. The Labute approximate surface area is 160 Å². The van der Waals surface area contributed by atoms with Crippen molar-refractivity contribution >= 4 is 10.8 Å². The third-order valence-electron chi connectivity index (χ3n) is 4.71. The van der Waals surface area contributed by atoms with E-state index in [2.05, 4.69) is 78.1 Å². The van der Waals surface area contributed by atoms with Gasteiger partial charge >= 0.3 is 0 Å². The normalized spacial score (nSPS) is 10.8. The Morgan fingerprint density at radius 2 is 1.26 bits per heavy atom. The van der Waals surface area contributed by atoms with Crippen molar-refractivity contribution in [1.29, 1.82) is 0 Å². The van der Waals surface area contributed by atoms with Crippen LogP contribution in [0.3, 0.4) is 0 Å². The van der Waals surface area contributed by atoms with Crippen molar-refractivity contribution in [3.05, 3.63) is 114 Å². The Kier molecular flexibility index (Phi) is 5.47. The molecule has 0 saturated carbocycles. The van der Waals surface area contributed by atoms with Crippen LogP contribution < -0.4 is 10.1 Å². The molecule has 0 fully saturated rings. The monoisotopic (exact) mass is 353 g/mol. The summed E-state index contributed by atoms with van der Waals surface area (Å²) in [6.45, 7) is 2.17. The number of fused-ring (bicyclic) bond motifs is 1. The Morgan fingerprint density at radius 1 is 0.593 bits per heavy atom. The van der Waals surface area contributed by atoms with Crippen molar-refractivity contribution < 1.29 is 4.74 Å². The van der Waals surface area contributed by atoms with Crippen molar-refractivity contribution in [2.75, 3.05) is 0 Å². The lowest BCUT2D eigenvalue weighted by molar-refractivity contribution is 0.302. The Morgan fingerprint density at radius 3 is 2.04 bits per heavy atom. The highest BCUT2D eigenvalue weighted by molar-refractivity contribution is 5.87. The van der Waals surface area contributed by atoms with Crippen LogP contribution in [0.25, 0.3) is 10.8 Å². The standard InChI is InChI=1S/C25H23NO/c1-3-9-20(10-4-1)17-26-18-24-23-14-8-7-13-22(23)15-16-25(24)27-19-21-11-5-2-6-12-21/h1-16,26H,17-19H2. The lowest BCUT2D eigenvalue weighted by Gasteiger charge is -2.15. The first-order valence-electron chi connectivity index (χ1n) is 9.32. The predicted molar refractivity (Wildman–Crippen MR) is 112 cm³/mol. The van der Waals surface area contributed by atoms with Crippen LogP contribution in [-0.2, 0) is 19.7 Å². The minimum absolute atomic E-state index is 0.574. The Balaban J connectivity index is 1.55. The van der Waals surface area contributed by atoms with E-state index in [1.807, 2.05) is 24.3 Å². The SMILES string of the molecule is c1ccc(CNCc2c(OCc3ccccc3)ccc3ccccc23)cc1.